The number of phenolic OH excluding ortho intramolecular Hbond substituents is 1. The zero-order valence-corrected chi connectivity index (χ0v) is 13.3. The van der Waals surface area contributed by atoms with Gasteiger partial charge in [-0.25, -0.2) is 0 Å². The lowest BCUT2D eigenvalue weighted by atomic mass is 10.2. The van der Waals surface area contributed by atoms with E-state index in [-0.39, 0.29) is 5.75 Å². The first-order valence-corrected chi connectivity index (χ1v) is 6.97. The maximum absolute atomic E-state index is 10.9. The average molecular weight is 356 g/mol. The van der Waals surface area contributed by atoms with Gasteiger partial charge in [0.1, 0.15) is 0 Å². The Bertz CT molecular complexity index is 781. The number of ether oxygens (including phenoxy) is 1. The van der Waals surface area contributed by atoms with Crippen molar-refractivity contribution in [2.24, 2.45) is 5.10 Å². The number of phenols is 1. The summed E-state index contributed by atoms with van der Waals surface area (Å²) in [5, 5.41) is 25.3. The number of rotatable bonds is 5. The summed E-state index contributed by atoms with van der Waals surface area (Å²) in [5.74, 6) is -0.553. The van der Waals surface area contributed by atoms with Crippen LogP contribution in [0.5, 0.6) is 11.5 Å². The predicted molar refractivity (Wildman–Crippen MR) is 89.0 cm³/mol. The minimum atomic E-state index is -0.707. The van der Waals surface area contributed by atoms with Crippen molar-refractivity contribution in [3.8, 4) is 11.5 Å². The Labute approximate surface area is 141 Å². The standard InChI is InChI=1S/C14H11Cl2N3O4/c1-23-13-5-8(4-12(14(13)20)19(21)22)7-17-18-9-2-3-10(15)11(16)6-9/h2-7,18,20H,1H3/b17-7-. The van der Waals surface area contributed by atoms with Crippen molar-refractivity contribution in [1.82, 2.24) is 0 Å². The number of nitrogens with one attached hydrogen (secondary N) is 1. The Morgan fingerprint density at radius 2 is 2.04 bits per heavy atom. The lowest BCUT2D eigenvalue weighted by molar-refractivity contribution is -0.386. The van der Waals surface area contributed by atoms with E-state index in [0.29, 0.717) is 21.3 Å². The monoisotopic (exact) mass is 355 g/mol. The average Bonchev–Trinajstić information content (AvgIpc) is 2.51. The molecule has 0 aliphatic carbocycles. The van der Waals surface area contributed by atoms with Crippen LogP contribution in [0.2, 0.25) is 10.0 Å². The summed E-state index contributed by atoms with van der Waals surface area (Å²) in [4.78, 5) is 10.2. The number of methoxy groups -OCH3 is 1. The van der Waals surface area contributed by atoms with Crippen LogP contribution in [0.25, 0.3) is 0 Å². The molecular formula is C14H11Cl2N3O4. The summed E-state index contributed by atoms with van der Waals surface area (Å²) in [7, 11) is 1.30. The maximum Gasteiger partial charge on any atom is 0.315 e. The van der Waals surface area contributed by atoms with Gasteiger partial charge in [-0.2, -0.15) is 5.10 Å². The van der Waals surface area contributed by atoms with Crippen LogP contribution >= 0.6 is 23.2 Å². The molecule has 0 saturated heterocycles. The number of benzene rings is 2. The second-order valence-electron chi connectivity index (χ2n) is 4.35. The van der Waals surface area contributed by atoms with Crippen molar-refractivity contribution in [3.63, 3.8) is 0 Å². The third-order valence-electron chi connectivity index (χ3n) is 2.82. The third kappa shape index (κ3) is 4.02. The highest BCUT2D eigenvalue weighted by atomic mass is 35.5. The van der Waals surface area contributed by atoms with Crippen LogP contribution in [0, 0.1) is 10.1 Å². The van der Waals surface area contributed by atoms with Gasteiger partial charge in [-0.3, -0.25) is 15.5 Å². The van der Waals surface area contributed by atoms with E-state index in [2.05, 4.69) is 10.5 Å². The van der Waals surface area contributed by atoms with Crippen LogP contribution in [0.4, 0.5) is 11.4 Å². The summed E-state index contributed by atoms with van der Waals surface area (Å²) in [5.41, 5.74) is 3.21. The number of hydrogen-bond donors (Lipinski definition) is 2. The fourth-order valence-corrected chi connectivity index (χ4v) is 2.03. The maximum atomic E-state index is 10.9. The highest BCUT2D eigenvalue weighted by Crippen LogP contribution is 2.36. The molecule has 23 heavy (non-hydrogen) atoms. The molecule has 0 aromatic heterocycles. The zero-order chi connectivity index (χ0) is 17.0. The topological polar surface area (TPSA) is 97.0 Å². The van der Waals surface area contributed by atoms with Crippen molar-refractivity contribution in [2.75, 3.05) is 12.5 Å². The number of hydrazone groups is 1. The Morgan fingerprint density at radius 1 is 1.30 bits per heavy atom. The van der Waals surface area contributed by atoms with Crippen LogP contribution in [-0.4, -0.2) is 23.4 Å². The van der Waals surface area contributed by atoms with Crippen molar-refractivity contribution >= 4 is 40.8 Å². The Kier molecular flexibility index (Phi) is 5.25. The lowest BCUT2D eigenvalue weighted by Crippen LogP contribution is -1.96. The molecule has 0 fully saturated rings. The van der Waals surface area contributed by atoms with Gasteiger partial charge >= 0.3 is 5.69 Å². The molecule has 0 aliphatic heterocycles. The van der Waals surface area contributed by atoms with E-state index in [1.54, 1.807) is 18.2 Å². The van der Waals surface area contributed by atoms with Crippen LogP contribution in [0.3, 0.4) is 0 Å². The number of anilines is 1. The molecule has 0 bridgehead atoms. The van der Waals surface area contributed by atoms with Gasteiger partial charge in [0, 0.05) is 11.6 Å². The van der Waals surface area contributed by atoms with Crippen LogP contribution in [0.1, 0.15) is 5.56 Å². The molecule has 7 nitrogen and oxygen atoms in total. The number of hydrogen-bond acceptors (Lipinski definition) is 6. The highest BCUT2D eigenvalue weighted by Gasteiger charge is 2.19. The van der Waals surface area contributed by atoms with Crippen LogP contribution in [-0.2, 0) is 0 Å². The molecule has 9 heteroatoms. The predicted octanol–water partition coefficient (Wildman–Crippen LogP) is 4.06. The fourth-order valence-electron chi connectivity index (χ4n) is 1.73. The molecule has 0 radical (unpaired) electrons. The number of aromatic hydroxyl groups is 1. The fraction of sp³-hybridized carbons (Fsp3) is 0.0714. The van der Waals surface area contributed by atoms with E-state index in [0.717, 1.165) is 0 Å². The molecule has 2 rings (SSSR count). The first kappa shape index (κ1) is 16.9. The zero-order valence-electron chi connectivity index (χ0n) is 11.8. The van der Waals surface area contributed by atoms with E-state index in [4.69, 9.17) is 27.9 Å². The van der Waals surface area contributed by atoms with E-state index in [9.17, 15) is 15.2 Å². The molecular weight excluding hydrogens is 345 g/mol. The minimum Gasteiger partial charge on any atom is -0.500 e. The summed E-state index contributed by atoms with van der Waals surface area (Å²) in [6.07, 6.45) is 1.34. The summed E-state index contributed by atoms with van der Waals surface area (Å²) < 4.78 is 4.90. The number of nitrogens with zero attached hydrogens (tertiary/aromatic N) is 2. The van der Waals surface area contributed by atoms with Crippen molar-refractivity contribution in [1.29, 1.82) is 0 Å². The number of nitro benzene ring substituents is 1. The first-order valence-electron chi connectivity index (χ1n) is 6.22. The lowest BCUT2D eigenvalue weighted by Gasteiger charge is -2.05. The normalized spacial score (nSPS) is 10.7. The number of nitro groups is 1. The summed E-state index contributed by atoms with van der Waals surface area (Å²) in [6, 6.07) is 7.46. The van der Waals surface area contributed by atoms with E-state index in [1.807, 2.05) is 0 Å². The molecule has 0 unspecified atom stereocenters. The highest BCUT2D eigenvalue weighted by molar-refractivity contribution is 6.42. The minimum absolute atomic E-state index is 0.0183. The SMILES string of the molecule is COc1cc(/C=N\Nc2ccc(Cl)c(Cl)c2)cc([N+](=O)[O-])c1O. The largest absolute Gasteiger partial charge is 0.500 e. The Hall–Kier alpha value is -2.51. The van der Waals surface area contributed by atoms with Gasteiger partial charge in [0.05, 0.1) is 34.0 Å². The smallest absolute Gasteiger partial charge is 0.315 e. The van der Waals surface area contributed by atoms with E-state index >= 15 is 0 Å². The molecule has 120 valence electrons. The molecule has 0 heterocycles. The van der Waals surface area contributed by atoms with E-state index in [1.165, 1.54) is 25.5 Å². The van der Waals surface area contributed by atoms with Crippen molar-refractivity contribution < 1.29 is 14.8 Å². The van der Waals surface area contributed by atoms with Gasteiger partial charge in [0.2, 0.25) is 5.75 Å². The molecule has 2 aromatic carbocycles. The second-order valence-corrected chi connectivity index (χ2v) is 5.16. The molecule has 0 aliphatic rings. The van der Waals surface area contributed by atoms with Gasteiger partial charge in [0.15, 0.2) is 5.75 Å². The molecule has 0 saturated carbocycles. The quantitative estimate of drug-likeness (QED) is 0.478. The van der Waals surface area contributed by atoms with Gasteiger partial charge in [-0.1, -0.05) is 23.2 Å². The van der Waals surface area contributed by atoms with Gasteiger partial charge < -0.3 is 9.84 Å². The molecule has 0 spiro atoms. The van der Waals surface area contributed by atoms with Crippen molar-refractivity contribution in [3.05, 3.63) is 56.1 Å². The summed E-state index contributed by atoms with van der Waals surface area (Å²) >= 11 is 11.7. The molecule has 2 N–H and O–H groups in total. The van der Waals surface area contributed by atoms with Crippen molar-refractivity contribution in [2.45, 2.75) is 0 Å². The van der Waals surface area contributed by atoms with Gasteiger partial charge in [-0.15, -0.1) is 0 Å². The molecule has 0 amide bonds. The number of halogens is 2. The Morgan fingerprint density at radius 3 is 2.65 bits per heavy atom. The van der Waals surface area contributed by atoms with Gasteiger partial charge in [0.25, 0.3) is 0 Å². The Balaban J connectivity index is 2.23. The summed E-state index contributed by atoms with van der Waals surface area (Å²) in [6.45, 7) is 0. The van der Waals surface area contributed by atoms with Crippen LogP contribution in [0.15, 0.2) is 35.4 Å². The van der Waals surface area contributed by atoms with E-state index < -0.39 is 16.4 Å². The van der Waals surface area contributed by atoms with Crippen LogP contribution < -0.4 is 10.2 Å². The molecule has 2 aromatic rings. The second kappa shape index (κ2) is 7.17. The van der Waals surface area contributed by atoms with Gasteiger partial charge in [-0.05, 0) is 24.3 Å². The first-order chi connectivity index (χ1) is 10.9. The third-order valence-corrected chi connectivity index (χ3v) is 3.56. The molecule has 0 atom stereocenters.